The average Bonchev–Trinajstić information content (AvgIpc) is 2.93. The van der Waals surface area contributed by atoms with Gasteiger partial charge in [-0.1, -0.05) is 30.3 Å². The maximum atomic E-state index is 5.79. The molecular formula is C17H18N2O2. The van der Waals surface area contributed by atoms with E-state index >= 15 is 0 Å². The van der Waals surface area contributed by atoms with Gasteiger partial charge < -0.3 is 14.1 Å². The Morgan fingerprint density at radius 1 is 1.10 bits per heavy atom. The van der Waals surface area contributed by atoms with Crippen LogP contribution < -0.4 is 9.64 Å². The van der Waals surface area contributed by atoms with Gasteiger partial charge in [-0.2, -0.15) is 4.98 Å². The zero-order valence-corrected chi connectivity index (χ0v) is 12.2. The number of oxazole rings is 1. The summed E-state index contributed by atoms with van der Waals surface area (Å²) in [6.07, 6.45) is 0. The maximum absolute atomic E-state index is 5.79. The van der Waals surface area contributed by atoms with Gasteiger partial charge in [-0.15, -0.1) is 0 Å². The molecule has 4 heteroatoms. The number of aryl methyl sites for hydroxylation is 1. The van der Waals surface area contributed by atoms with Gasteiger partial charge in [-0.25, -0.2) is 0 Å². The zero-order chi connectivity index (χ0) is 14.7. The number of hydrogen-bond acceptors (Lipinski definition) is 4. The number of nitrogens with zero attached hydrogens (tertiary/aromatic N) is 2. The van der Waals surface area contributed by atoms with Crippen LogP contribution in [0.2, 0.25) is 0 Å². The Morgan fingerprint density at radius 3 is 2.67 bits per heavy atom. The predicted molar refractivity (Wildman–Crippen MR) is 84.0 cm³/mol. The van der Waals surface area contributed by atoms with E-state index in [1.807, 2.05) is 67.4 Å². The molecule has 2 aromatic carbocycles. The summed E-state index contributed by atoms with van der Waals surface area (Å²) in [6.45, 7) is 3.33. The Labute approximate surface area is 124 Å². The van der Waals surface area contributed by atoms with E-state index in [-0.39, 0.29) is 0 Å². The van der Waals surface area contributed by atoms with E-state index in [2.05, 4.69) is 4.98 Å². The van der Waals surface area contributed by atoms with Gasteiger partial charge in [-0.05, 0) is 30.7 Å². The van der Waals surface area contributed by atoms with Crippen LogP contribution in [0.1, 0.15) is 5.56 Å². The molecule has 0 aliphatic carbocycles. The molecular weight excluding hydrogens is 264 g/mol. The van der Waals surface area contributed by atoms with Gasteiger partial charge in [0.05, 0.1) is 6.54 Å². The zero-order valence-electron chi connectivity index (χ0n) is 12.2. The number of rotatable bonds is 5. The van der Waals surface area contributed by atoms with Gasteiger partial charge >= 0.3 is 0 Å². The lowest BCUT2D eigenvalue weighted by molar-refractivity contribution is 0.321. The van der Waals surface area contributed by atoms with Crippen LogP contribution in [-0.4, -0.2) is 25.2 Å². The summed E-state index contributed by atoms with van der Waals surface area (Å²) in [5, 5.41) is 0. The van der Waals surface area contributed by atoms with E-state index in [1.54, 1.807) is 0 Å². The van der Waals surface area contributed by atoms with Crippen LogP contribution >= 0.6 is 0 Å². The summed E-state index contributed by atoms with van der Waals surface area (Å²) in [7, 11) is 1.95. The fourth-order valence-corrected chi connectivity index (χ4v) is 2.13. The fraction of sp³-hybridized carbons (Fsp3) is 0.235. The Hall–Kier alpha value is -2.49. The van der Waals surface area contributed by atoms with Gasteiger partial charge in [-0.3, -0.25) is 0 Å². The molecule has 0 bridgehead atoms. The van der Waals surface area contributed by atoms with Gasteiger partial charge in [0.2, 0.25) is 0 Å². The molecule has 0 amide bonds. The molecule has 0 N–H and O–H groups in total. The number of fused-ring (bicyclic) bond motifs is 1. The Bertz CT molecular complexity index is 703. The van der Waals surface area contributed by atoms with Gasteiger partial charge in [0.1, 0.15) is 17.9 Å². The third kappa shape index (κ3) is 2.99. The lowest BCUT2D eigenvalue weighted by Crippen LogP contribution is -2.24. The van der Waals surface area contributed by atoms with E-state index in [1.165, 1.54) is 0 Å². The first-order chi connectivity index (χ1) is 10.2. The Balaban J connectivity index is 1.61. The van der Waals surface area contributed by atoms with E-state index in [4.69, 9.17) is 9.15 Å². The molecule has 3 aromatic rings. The minimum atomic E-state index is 0.583. The molecule has 0 fully saturated rings. The molecule has 0 aliphatic heterocycles. The smallest absolute Gasteiger partial charge is 0.298 e. The lowest BCUT2D eigenvalue weighted by atomic mass is 10.2. The third-order valence-corrected chi connectivity index (χ3v) is 3.39. The molecule has 1 heterocycles. The van der Waals surface area contributed by atoms with Crippen molar-refractivity contribution in [2.24, 2.45) is 0 Å². The van der Waals surface area contributed by atoms with E-state index in [9.17, 15) is 0 Å². The number of benzene rings is 2. The summed E-state index contributed by atoms with van der Waals surface area (Å²) < 4.78 is 11.5. The first kappa shape index (κ1) is 13.5. The normalized spacial score (nSPS) is 10.8. The first-order valence-electron chi connectivity index (χ1n) is 6.99. The van der Waals surface area contributed by atoms with Crippen molar-refractivity contribution in [1.82, 2.24) is 4.98 Å². The van der Waals surface area contributed by atoms with Crippen LogP contribution in [0.4, 0.5) is 6.01 Å². The largest absolute Gasteiger partial charge is 0.491 e. The van der Waals surface area contributed by atoms with E-state index in [0.29, 0.717) is 19.2 Å². The van der Waals surface area contributed by atoms with Crippen LogP contribution in [0, 0.1) is 6.92 Å². The van der Waals surface area contributed by atoms with E-state index in [0.717, 1.165) is 22.4 Å². The van der Waals surface area contributed by atoms with Crippen LogP contribution in [0.3, 0.4) is 0 Å². The Morgan fingerprint density at radius 2 is 1.86 bits per heavy atom. The molecule has 0 radical (unpaired) electrons. The molecule has 0 atom stereocenters. The molecule has 108 valence electrons. The van der Waals surface area contributed by atoms with Crippen LogP contribution in [0.15, 0.2) is 52.9 Å². The van der Waals surface area contributed by atoms with Crippen molar-refractivity contribution in [3.8, 4) is 5.75 Å². The Kier molecular flexibility index (Phi) is 3.77. The molecule has 0 saturated heterocycles. The van der Waals surface area contributed by atoms with Crippen molar-refractivity contribution >= 4 is 17.1 Å². The van der Waals surface area contributed by atoms with Crippen molar-refractivity contribution in [3.63, 3.8) is 0 Å². The van der Waals surface area contributed by atoms with Crippen LogP contribution in [0.25, 0.3) is 11.1 Å². The molecule has 0 aliphatic rings. The summed E-state index contributed by atoms with van der Waals surface area (Å²) >= 11 is 0. The topological polar surface area (TPSA) is 38.5 Å². The molecule has 0 unspecified atom stereocenters. The highest BCUT2D eigenvalue weighted by Gasteiger charge is 2.10. The number of ether oxygens (including phenoxy) is 1. The molecule has 1 aromatic heterocycles. The van der Waals surface area contributed by atoms with E-state index < -0.39 is 0 Å². The maximum Gasteiger partial charge on any atom is 0.298 e. The summed E-state index contributed by atoms with van der Waals surface area (Å²) in [4.78, 5) is 6.42. The van der Waals surface area contributed by atoms with Crippen LogP contribution in [0.5, 0.6) is 5.75 Å². The van der Waals surface area contributed by atoms with Crippen molar-refractivity contribution in [1.29, 1.82) is 0 Å². The quantitative estimate of drug-likeness (QED) is 0.716. The molecule has 21 heavy (non-hydrogen) atoms. The van der Waals surface area contributed by atoms with Crippen molar-refractivity contribution < 1.29 is 9.15 Å². The summed E-state index contributed by atoms with van der Waals surface area (Å²) in [5.41, 5.74) is 2.82. The summed E-state index contributed by atoms with van der Waals surface area (Å²) in [6, 6.07) is 16.4. The van der Waals surface area contributed by atoms with Gasteiger partial charge in [0.25, 0.3) is 6.01 Å². The highest BCUT2D eigenvalue weighted by Crippen LogP contribution is 2.21. The lowest BCUT2D eigenvalue weighted by Gasteiger charge is -2.15. The fourth-order valence-electron chi connectivity index (χ4n) is 2.13. The highest BCUT2D eigenvalue weighted by molar-refractivity contribution is 5.74. The molecule has 3 rings (SSSR count). The highest BCUT2D eigenvalue weighted by atomic mass is 16.5. The standard InChI is InChI=1S/C17H18N2O2/c1-13-7-3-5-9-15(13)20-12-11-19(2)17-18-14-8-4-6-10-16(14)21-17/h3-10H,11-12H2,1-2H3. The van der Waals surface area contributed by atoms with Gasteiger partial charge in [0.15, 0.2) is 5.58 Å². The molecule has 0 saturated carbocycles. The third-order valence-electron chi connectivity index (χ3n) is 3.39. The molecule has 4 nitrogen and oxygen atoms in total. The second kappa shape index (κ2) is 5.87. The number of likely N-dealkylation sites (N-methyl/N-ethyl adjacent to an activating group) is 1. The predicted octanol–water partition coefficient (Wildman–Crippen LogP) is 3.65. The van der Waals surface area contributed by atoms with Crippen molar-refractivity contribution in [3.05, 3.63) is 54.1 Å². The minimum Gasteiger partial charge on any atom is -0.491 e. The summed E-state index contributed by atoms with van der Waals surface area (Å²) in [5.74, 6) is 0.920. The van der Waals surface area contributed by atoms with Gasteiger partial charge in [0, 0.05) is 7.05 Å². The number of aromatic nitrogens is 1. The molecule has 0 spiro atoms. The van der Waals surface area contributed by atoms with Crippen molar-refractivity contribution in [2.75, 3.05) is 25.1 Å². The first-order valence-corrected chi connectivity index (χ1v) is 6.99. The number of anilines is 1. The average molecular weight is 282 g/mol. The van der Waals surface area contributed by atoms with Crippen molar-refractivity contribution in [2.45, 2.75) is 6.92 Å². The SMILES string of the molecule is Cc1ccccc1OCCN(C)c1nc2ccccc2o1. The second-order valence-corrected chi connectivity index (χ2v) is 5.00. The number of para-hydroxylation sites is 3. The number of hydrogen-bond donors (Lipinski definition) is 0. The monoisotopic (exact) mass is 282 g/mol. The second-order valence-electron chi connectivity index (χ2n) is 5.00. The van der Waals surface area contributed by atoms with Crippen LogP contribution in [-0.2, 0) is 0 Å². The minimum absolute atomic E-state index is 0.583.